The fourth-order valence-electron chi connectivity index (χ4n) is 7.36. The Morgan fingerprint density at radius 3 is 2.47 bits per heavy atom. The quantitative estimate of drug-likeness (QED) is 0.288. The number of amides is 1. The number of hydrogen-bond donors (Lipinski definition) is 2. The number of hydrogen-bond acceptors (Lipinski definition) is 7. The van der Waals surface area contributed by atoms with E-state index in [0.717, 1.165) is 57.4 Å². The summed E-state index contributed by atoms with van der Waals surface area (Å²) in [6.45, 7) is 5.09. The van der Waals surface area contributed by atoms with Crippen LogP contribution in [0.3, 0.4) is 0 Å². The SMILES string of the molecule is CN1CCN([C@H]2CCc3cc(-c4ccc(CO[C@H]5CCC[C@@H]5NC(=O)c5cc(-c6ccn(C)c(=O)c6)cnc5N)cc4)ccc32)CC1. The minimum atomic E-state index is -0.283. The molecule has 3 atom stereocenters. The molecule has 2 aromatic carbocycles. The van der Waals surface area contributed by atoms with Gasteiger partial charge in [0, 0.05) is 63.3 Å². The topological polar surface area (TPSA) is 106 Å². The third-order valence-electron chi connectivity index (χ3n) is 10.3. The molecular weight excluding hydrogens is 588 g/mol. The standard InChI is InChI=1S/C38H44N6O3/c1-42-16-18-44(19-17-42)34-13-11-29-20-27(10-12-31(29)34)26-8-6-25(7-9-26)24-47-35-5-3-4-33(35)41-38(46)32-21-30(23-40-37(32)39)28-14-15-43(2)36(45)22-28/h6-10,12,14-15,20-23,33-35H,3-5,11,13,16-19,24H2,1-2H3,(H2,39,40)(H,41,46)/t33-,34-,35-/m0/s1. The minimum Gasteiger partial charge on any atom is -0.383 e. The molecule has 2 aliphatic carbocycles. The van der Waals surface area contributed by atoms with Gasteiger partial charge in [-0.1, -0.05) is 42.5 Å². The Balaban J connectivity index is 0.959. The Labute approximate surface area is 276 Å². The number of carbonyl (C=O) groups is 1. The number of carbonyl (C=O) groups excluding carboxylic acids is 1. The van der Waals surface area contributed by atoms with Gasteiger partial charge in [0.05, 0.1) is 24.3 Å². The van der Waals surface area contributed by atoms with Gasteiger partial charge in [0.1, 0.15) is 5.82 Å². The van der Waals surface area contributed by atoms with Gasteiger partial charge in [-0.05, 0) is 84.7 Å². The van der Waals surface area contributed by atoms with Crippen molar-refractivity contribution in [3.05, 3.63) is 106 Å². The van der Waals surface area contributed by atoms with Crippen molar-refractivity contribution in [1.29, 1.82) is 0 Å². The summed E-state index contributed by atoms with van der Waals surface area (Å²) in [5.74, 6) is -0.126. The summed E-state index contributed by atoms with van der Waals surface area (Å²) in [6, 6.07) is 21.2. The van der Waals surface area contributed by atoms with Crippen molar-refractivity contribution in [1.82, 2.24) is 24.7 Å². The smallest absolute Gasteiger partial charge is 0.255 e. The zero-order valence-electron chi connectivity index (χ0n) is 27.3. The van der Waals surface area contributed by atoms with Gasteiger partial charge in [0.2, 0.25) is 0 Å². The number of aryl methyl sites for hydroxylation is 2. The monoisotopic (exact) mass is 632 g/mol. The van der Waals surface area contributed by atoms with Gasteiger partial charge in [-0.3, -0.25) is 14.5 Å². The molecule has 244 valence electrons. The van der Waals surface area contributed by atoms with Crippen LogP contribution < -0.4 is 16.6 Å². The first kappa shape index (κ1) is 31.3. The molecule has 3 heterocycles. The number of aromatic nitrogens is 2. The number of nitrogen functional groups attached to an aromatic ring is 1. The van der Waals surface area contributed by atoms with E-state index in [2.05, 4.69) is 69.6 Å². The molecule has 1 saturated carbocycles. The van der Waals surface area contributed by atoms with Gasteiger partial charge in [0.25, 0.3) is 11.5 Å². The first-order valence-electron chi connectivity index (χ1n) is 16.8. The van der Waals surface area contributed by atoms with Crippen LogP contribution in [0.1, 0.15) is 58.8 Å². The second-order valence-corrected chi connectivity index (χ2v) is 13.4. The lowest BCUT2D eigenvalue weighted by atomic mass is 9.98. The predicted molar refractivity (Wildman–Crippen MR) is 185 cm³/mol. The van der Waals surface area contributed by atoms with Crippen LogP contribution in [0.2, 0.25) is 0 Å². The summed E-state index contributed by atoms with van der Waals surface area (Å²) in [5, 5.41) is 3.14. The first-order chi connectivity index (χ1) is 22.8. The Morgan fingerprint density at radius 2 is 1.68 bits per heavy atom. The highest BCUT2D eigenvalue weighted by Gasteiger charge is 2.31. The number of nitrogens with zero attached hydrogens (tertiary/aromatic N) is 4. The molecule has 2 fully saturated rings. The molecule has 3 aliphatic rings. The summed E-state index contributed by atoms with van der Waals surface area (Å²) in [5.41, 5.74) is 14.2. The van der Waals surface area contributed by atoms with Crippen molar-refractivity contribution < 1.29 is 9.53 Å². The highest BCUT2D eigenvalue weighted by Crippen LogP contribution is 2.38. The Hall–Kier alpha value is -4.31. The van der Waals surface area contributed by atoms with Crippen LogP contribution in [-0.4, -0.2) is 70.6 Å². The Bertz CT molecular complexity index is 1810. The van der Waals surface area contributed by atoms with E-state index in [4.69, 9.17) is 10.5 Å². The molecule has 4 aromatic rings. The highest BCUT2D eigenvalue weighted by molar-refractivity contribution is 5.99. The van der Waals surface area contributed by atoms with E-state index < -0.39 is 0 Å². The second kappa shape index (κ2) is 13.4. The van der Waals surface area contributed by atoms with Gasteiger partial charge in [-0.2, -0.15) is 0 Å². The maximum absolute atomic E-state index is 13.3. The van der Waals surface area contributed by atoms with Gasteiger partial charge in [-0.15, -0.1) is 0 Å². The molecule has 2 aromatic heterocycles. The number of piperazine rings is 1. The molecule has 9 nitrogen and oxygen atoms in total. The lowest BCUT2D eigenvalue weighted by Crippen LogP contribution is -2.45. The molecule has 7 rings (SSSR count). The average molecular weight is 633 g/mol. The van der Waals surface area contributed by atoms with Crippen molar-refractivity contribution in [2.24, 2.45) is 7.05 Å². The second-order valence-electron chi connectivity index (χ2n) is 13.4. The molecule has 0 radical (unpaired) electrons. The number of anilines is 1. The van der Waals surface area contributed by atoms with Gasteiger partial charge in [0.15, 0.2) is 0 Å². The third-order valence-corrected chi connectivity index (χ3v) is 10.3. The molecule has 9 heteroatoms. The van der Waals surface area contributed by atoms with E-state index in [0.29, 0.717) is 29.3 Å². The number of benzene rings is 2. The fourth-order valence-corrected chi connectivity index (χ4v) is 7.36. The molecule has 47 heavy (non-hydrogen) atoms. The number of fused-ring (bicyclic) bond motifs is 1. The maximum atomic E-state index is 13.3. The fraction of sp³-hybridized carbons (Fsp3) is 0.395. The Kier molecular flexibility index (Phi) is 8.94. The minimum absolute atomic E-state index is 0.0851. The molecule has 1 saturated heterocycles. The molecule has 0 unspecified atom stereocenters. The van der Waals surface area contributed by atoms with Gasteiger partial charge >= 0.3 is 0 Å². The lowest BCUT2D eigenvalue weighted by molar-refractivity contribution is 0.0272. The zero-order valence-corrected chi connectivity index (χ0v) is 27.3. The van der Waals surface area contributed by atoms with Gasteiger partial charge in [-0.25, -0.2) is 4.98 Å². The first-order valence-corrected chi connectivity index (χ1v) is 16.8. The van der Waals surface area contributed by atoms with Gasteiger partial charge < -0.3 is 25.3 Å². The van der Waals surface area contributed by atoms with E-state index in [1.54, 1.807) is 25.5 Å². The Morgan fingerprint density at radius 1 is 0.915 bits per heavy atom. The van der Waals surface area contributed by atoms with Crippen molar-refractivity contribution in [2.75, 3.05) is 39.0 Å². The predicted octanol–water partition coefficient (Wildman–Crippen LogP) is 4.80. The average Bonchev–Trinajstić information content (AvgIpc) is 3.72. The number of rotatable bonds is 8. The van der Waals surface area contributed by atoms with E-state index in [1.165, 1.54) is 39.3 Å². The van der Waals surface area contributed by atoms with Crippen LogP contribution in [0.4, 0.5) is 5.82 Å². The number of ether oxygens (including phenoxy) is 1. The summed E-state index contributed by atoms with van der Waals surface area (Å²) in [7, 11) is 3.91. The molecule has 0 bridgehead atoms. The lowest BCUT2D eigenvalue weighted by Gasteiger charge is -2.36. The summed E-state index contributed by atoms with van der Waals surface area (Å²) >= 11 is 0. The molecular formula is C38H44N6O3. The summed E-state index contributed by atoms with van der Waals surface area (Å²) in [6.07, 6.45) is 8.25. The number of nitrogens with two attached hydrogens (primary N) is 1. The van der Waals surface area contributed by atoms with Crippen molar-refractivity contribution >= 4 is 11.7 Å². The van der Waals surface area contributed by atoms with E-state index >= 15 is 0 Å². The third kappa shape index (κ3) is 6.74. The van der Waals surface area contributed by atoms with Crippen LogP contribution >= 0.6 is 0 Å². The summed E-state index contributed by atoms with van der Waals surface area (Å²) < 4.78 is 7.86. The molecule has 0 spiro atoms. The molecule has 1 aliphatic heterocycles. The number of pyridine rings is 2. The van der Waals surface area contributed by atoms with Crippen LogP contribution in [0.25, 0.3) is 22.3 Å². The van der Waals surface area contributed by atoms with Crippen molar-refractivity contribution in [2.45, 2.75) is 56.9 Å². The number of nitrogens with one attached hydrogen (secondary N) is 1. The maximum Gasteiger partial charge on any atom is 0.255 e. The van der Waals surface area contributed by atoms with Crippen LogP contribution in [0, 0.1) is 0 Å². The zero-order chi connectivity index (χ0) is 32.5. The highest BCUT2D eigenvalue weighted by atomic mass is 16.5. The molecule has 1 amide bonds. The largest absolute Gasteiger partial charge is 0.383 e. The van der Waals surface area contributed by atoms with Crippen molar-refractivity contribution in [3.63, 3.8) is 0 Å². The van der Waals surface area contributed by atoms with Crippen LogP contribution in [0.5, 0.6) is 0 Å². The van der Waals surface area contributed by atoms with Crippen molar-refractivity contribution in [3.8, 4) is 22.3 Å². The van der Waals surface area contributed by atoms with E-state index in [-0.39, 0.29) is 29.4 Å². The van der Waals surface area contributed by atoms with E-state index in [1.807, 2.05) is 6.07 Å². The normalized spacial score (nSPS) is 21.5. The van der Waals surface area contributed by atoms with Crippen LogP contribution in [-0.2, 0) is 24.8 Å². The summed E-state index contributed by atoms with van der Waals surface area (Å²) in [4.78, 5) is 34.8. The van der Waals surface area contributed by atoms with E-state index in [9.17, 15) is 9.59 Å². The molecule has 3 N–H and O–H groups in total. The van der Waals surface area contributed by atoms with Crippen LogP contribution in [0.15, 0.2) is 77.9 Å². The number of likely N-dealkylation sites (N-methyl/N-ethyl adjacent to an activating group) is 1.